The zero-order valence-electron chi connectivity index (χ0n) is 8.66. The molecule has 16 heavy (non-hydrogen) atoms. The molecule has 94 valence electrons. The minimum absolute atomic E-state index is 0.0231. The lowest BCUT2D eigenvalue weighted by atomic mass is 10.2. The summed E-state index contributed by atoms with van der Waals surface area (Å²) in [5.41, 5.74) is 5.00. The van der Waals surface area contributed by atoms with E-state index in [4.69, 9.17) is 26.2 Å². The van der Waals surface area contributed by atoms with Crippen molar-refractivity contribution in [3.05, 3.63) is 0 Å². The Morgan fingerprint density at radius 2 is 1.56 bits per heavy atom. The van der Waals surface area contributed by atoms with Gasteiger partial charge in [0.05, 0.1) is 0 Å². The number of Topliss-reactive ketones (excluding diaryl/α,β-unsaturated/α-hetero) is 1. The zero-order valence-corrected chi connectivity index (χ0v) is 8.66. The number of carbonyl (C=O) groups excluding carboxylic acids is 1. The van der Waals surface area contributed by atoms with E-state index in [0.717, 1.165) is 6.92 Å². The number of carboxylic acid groups (broad SMARTS) is 2. The van der Waals surface area contributed by atoms with Crippen molar-refractivity contribution in [3.63, 3.8) is 0 Å². The van der Waals surface area contributed by atoms with Gasteiger partial charge in [-0.3, -0.25) is 14.4 Å². The predicted octanol–water partition coefficient (Wildman–Crippen LogP) is -1.85. The van der Waals surface area contributed by atoms with Crippen LogP contribution in [0.4, 0.5) is 0 Å². The first-order chi connectivity index (χ1) is 7.18. The van der Waals surface area contributed by atoms with Crippen molar-refractivity contribution < 1.29 is 34.8 Å². The number of aliphatic carboxylic acids is 2. The summed E-state index contributed by atoms with van der Waals surface area (Å²) < 4.78 is 0. The van der Waals surface area contributed by atoms with Gasteiger partial charge in [-0.1, -0.05) is 0 Å². The number of rotatable bonds is 5. The van der Waals surface area contributed by atoms with Gasteiger partial charge < -0.3 is 26.2 Å². The molecule has 0 aromatic rings. The molecule has 8 heteroatoms. The van der Waals surface area contributed by atoms with Crippen molar-refractivity contribution in [3.8, 4) is 0 Å². The molecule has 0 aromatic carbocycles. The summed E-state index contributed by atoms with van der Waals surface area (Å²) in [6.07, 6.45) is -2.01. The van der Waals surface area contributed by atoms with Gasteiger partial charge in [0.15, 0.2) is 5.78 Å². The summed E-state index contributed by atoms with van der Waals surface area (Å²) >= 11 is 0. The van der Waals surface area contributed by atoms with Crippen LogP contribution >= 0.6 is 0 Å². The summed E-state index contributed by atoms with van der Waals surface area (Å²) in [5.74, 6) is -2.83. The molecule has 0 fully saturated rings. The molecular weight excluding hydrogens is 222 g/mol. The lowest BCUT2D eigenvalue weighted by molar-refractivity contribution is -0.142. The molecule has 0 saturated carbocycles. The van der Waals surface area contributed by atoms with E-state index in [1.54, 1.807) is 0 Å². The highest BCUT2D eigenvalue weighted by Gasteiger charge is 2.12. The van der Waals surface area contributed by atoms with Crippen molar-refractivity contribution in [1.82, 2.24) is 0 Å². The highest BCUT2D eigenvalue weighted by Crippen LogP contribution is 1.93. The van der Waals surface area contributed by atoms with Crippen molar-refractivity contribution in [2.24, 2.45) is 5.73 Å². The third kappa shape index (κ3) is 12.5. The van der Waals surface area contributed by atoms with Crippen molar-refractivity contribution in [1.29, 1.82) is 0 Å². The van der Waals surface area contributed by atoms with E-state index >= 15 is 0 Å². The van der Waals surface area contributed by atoms with Gasteiger partial charge >= 0.3 is 11.9 Å². The molecule has 0 unspecified atom stereocenters. The van der Waals surface area contributed by atoms with Crippen LogP contribution in [0.15, 0.2) is 0 Å². The molecule has 0 saturated heterocycles. The minimum atomic E-state index is -1.79. The van der Waals surface area contributed by atoms with E-state index < -0.39 is 30.1 Å². The van der Waals surface area contributed by atoms with Gasteiger partial charge in [0.25, 0.3) is 0 Å². The first-order valence-electron chi connectivity index (χ1n) is 4.25. The standard InChI is InChI=1S/C5H9NO4.C3H6O3/c6-3(5(9)10)1-2-4(7)8;1-2(4)3(5)6/h3H,1-2,6H2,(H,7,8)(H,9,10);3,5-6H,1H3/t3-;/m0./s1. The summed E-state index contributed by atoms with van der Waals surface area (Å²) in [5, 5.41) is 31.9. The Balaban J connectivity index is 0. The quantitative estimate of drug-likeness (QED) is 0.348. The Morgan fingerprint density at radius 1 is 1.19 bits per heavy atom. The molecule has 6 N–H and O–H groups in total. The second kappa shape index (κ2) is 8.77. The Hall–Kier alpha value is -1.51. The molecule has 0 spiro atoms. The molecule has 8 nitrogen and oxygen atoms in total. The molecular formula is C8H15NO7. The Morgan fingerprint density at radius 3 is 1.75 bits per heavy atom. The van der Waals surface area contributed by atoms with Gasteiger partial charge in [-0.2, -0.15) is 0 Å². The highest BCUT2D eigenvalue weighted by atomic mass is 16.5. The topological polar surface area (TPSA) is 158 Å². The fourth-order valence-corrected chi connectivity index (χ4v) is 0.402. The normalized spacial score (nSPS) is 11.3. The number of hydrogen-bond donors (Lipinski definition) is 5. The fourth-order valence-electron chi connectivity index (χ4n) is 0.402. The van der Waals surface area contributed by atoms with E-state index in [1.807, 2.05) is 0 Å². The fraction of sp³-hybridized carbons (Fsp3) is 0.625. The molecule has 0 radical (unpaired) electrons. The number of nitrogens with two attached hydrogens (primary N) is 1. The van der Waals surface area contributed by atoms with Crippen molar-refractivity contribution in [2.45, 2.75) is 32.1 Å². The van der Waals surface area contributed by atoms with Crippen LogP contribution in [0.25, 0.3) is 0 Å². The Bertz CT molecular complexity index is 251. The molecule has 0 heterocycles. The second-order valence-electron chi connectivity index (χ2n) is 2.86. The third-order valence-corrected chi connectivity index (χ3v) is 1.35. The first-order valence-corrected chi connectivity index (χ1v) is 4.25. The van der Waals surface area contributed by atoms with Crippen LogP contribution < -0.4 is 5.73 Å². The summed E-state index contributed by atoms with van der Waals surface area (Å²) in [7, 11) is 0. The SMILES string of the molecule is CC(=O)C(O)O.N[C@@H](CCC(=O)O)C(=O)O. The van der Waals surface area contributed by atoms with Gasteiger partial charge in [0, 0.05) is 6.42 Å². The van der Waals surface area contributed by atoms with E-state index in [-0.39, 0.29) is 12.8 Å². The molecule has 0 rings (SSSR count). The van der Waals surface area contributed by atoms with Crippen molar-refractivity contribution in [2.75, 3.05) is 0 Å². The van der Waals surface area contributed by atoms with E-state index in [2.05, 4.69) is 0 Å². The van der Waals surface area contributed by atoms with Crippen LogP contribution in [0.3, 0.4) is 0 Å². The number of carbonyl (C=O) groups is 3. The highest BCUT2D eigenvalue weighted by molar-refractivity contribution is 5.78. The maximum Gasteiger partial charge on any atom is 0.320 e. The van der Waals surface area contributed by atoms with E-state index in [9.17, 15) is 14.4 Å². The molecule has 0 aromatic heterocycles. The average Bonchev–Trinajstić information content (AvgIpc) is 2.14. The van der Waals surface area contributed by atoms with Crippen LogP contribution in [-0.4, -0.2) is 50.5 Å². The lowest BCUT2D eigenvalue weighted by Crippen LogP contribution is -2.30. The number of aliphatic hydroxyl groups is 2. The molecule has 1 atom stereocenters. The summed E-state index contributed by atoms with van der Waals surface area (Å²) in [6, 6.07) is -1.06. The largest absolute Gasteiger partial charge is 0.481 e. The van der Waals surface area contributed by atoms with Gasteiger partial charge in [-0.25, -0.2) is 0 Å². The molecule has 0 aliphatic carbocycles. The van der Waals surface area contributed by atoms with Gasteiger partial charge in [0.1, 0.15) is 6.04 Å². The minimum Gasteiger partial charge on any atom is -0.481 e. The number of carboxylic acids is 2. The number of aliphatic hydroxyl groups excluding tert-OH is 1. The van der Waals surface area contributed by atoms with Gasteiger partial charge in [-0.05, 0) is 13.3 Å². The molecule has 0 bridgehead atoms. The first kappa shape index (κ1) is 16.9. The zero-order chi connectivity index (χ0) is 13.3. The summed E-state index contributed by atoms with van der Waals surface area (Å²) in [6.45, 7) is 1.10. The maximum atomic E-state index is 9.99. The maximum absolute atomic E-state index is 9.99. The van der Waals surface area contributed by atoms with Crippen LogP contribution in [0.1, 0.15) is 19.8 Å². The predicted molar refractivity (Wildman–Crippen MR) is 51.4 cm³/mol. The summed E-state index contributed by atoms with van der Waals surface area (Å²) in [4.78, 5) is 29.5. The Labute approximate surface area is 91.3 Å². The molecule has 0 aliphatic heterocycles. The monoisotopic (exact) mass is 237 g/mol. The number of ketones is 1. The van der Waals surface area contributed by atoms with E-state index in [1.165, 1.54) is 0 Å². The number of hydrogen-bond acceptors (Lipinski definition) is 6. The van der Waals surface area contributed by atoms with Gasteiger partial charge in [-0.15, -0.1) is 0 Å². The van der Waals surface area contributed by atoms with Crippen LogP contribution in [0.2, 0.25) is 0 Å². The van der Waals surface area contributed by atoms with Crippen molar-refractivity contribution >= 4 is 17.7 Å². The third-order valence-electron chi connectivity index (χ3n) is 1.35. The van der Waals surface area contributed by atoms with Crippen LogP contribution in [0.5, 0.6) is 0 Å². The van der Waals surface area contributed by atoms with Crippen LogP contribution in [0, 0.1) is 0 Å². The average molecular weight is 237 g/mol. The smallest absolute Gasteiger partial charge is 0.320 e. The van der Waals surface area contributed by atoms with E-state index in [0.29, 0.717) is 0 Å². The van der Waals surface area contributed by atoms with Gasteiger partial charge in [0.2, 0.25) is 6.29 Å². The molecule has 0 aliphatic rings. The molecule has 0 amide bonds. The Kier molecular flexibility index (Phi) is 9.27. The lowest BCUT2D eigenvalue weighted by Gasteiger charge is -2.01. The second-order valence-corrected chi connectivity index (χ2v) is 2.86. The van der Waals surface area contributed by atoms with Crippen LogP contribution in [-0.2, 0) is 14.4 Å².